The molecule has 1 rings (SSSR count). The number of hydrogen-bond donors (Lipinski definition) is 1. The Morgan fingerprint density at radius 3 is 2.69 bits per heavy atom. The van der Waals surface area contributed by atoms with E-state index in [9.17, 15) is 0 Å². The van der Waals surface area contributed by atoms with Gasteiger partial charge in [0.25, 0.3) is 0 Å². The average molecular weight is 227 g/mol. The minimum absolute atomic E-state index is 0.552. The van der Waals surface area contributed by atoms with Crippen LogP contribution in [0.25, 0.3) is 0 Å². The van der Waals surface area contributed by atoms with Gasteiger partial charge in [0.05, 0.1) is 6.10 Å². The number of hydrogen-bond acceptors (Lipinski definition) is 2. The molecule has 0 radical (unpaired) electrons. The van der Waals surface area contributed by atoms with E-state index in [1.54, 1.807) is 0 Å². The van der Waals surface area contributed by atoms with Crippen molar-refractivity contribution < 1.29 is 4.74 Å². The Morgan fingerprint density at radius 1 is 1.19 bits per heavy atom. The van der Waals surface area contributed by atoms with Crippen LogP contribution in [-0.4, -0.2) is 25.3 Å². The number of ether oxygens (including phenoxy) is 1. The van der Waals surface area contributed by atoms with E-state index in [2.05, 4.69) is 19.2 Å². The number of rotatable bonds is 8. The lowest BCUT2D eigenvalue weighted by Gasteiger charge is -2.25. The summed E-state index contributed by atoms with van der Waals surface area (Å²) in [5, 5.41) is 3.65. The highest BCUT2D eigenvalue weighted by Crippen LogP contribution is 2.18. The molecule has 0 aromatic rings. The molecule has 96 valence electrons. The van der Waals surface area contributed by atoms with Gasteiger partial charge in [-0.1, -0.05) is 20.3 Å². The first-order valence-electron chi connectivity index (χ1n) is 7.21. The molecule has 0 aromatic carbocycles. The molecule has 0 amide bonds. The van der Waals surface area contributed by atoms with Crippen LogP contribution < -0.4 is 5.32 Å². The summed E-state index contributed by atoms with van der Waals surface area (Å²) >= 11 is 0. The van der Waals surface area contributed by atoms with Gasteiger partial charge < -0.3 is 10.1 Å². The zero-order valence-electron chi connectivity index (χ0n) is 11.1. The van der Waals surface area contributed by atoms with Crippen LogP contribution in [0.1, 0.15) is 65.2 Å². The molecule has 1 aliphatic heterocycles. The Balaban J connectivity index is 2.14. The maximum atomic E-state index is 5.78. The van der Waals surface area contributed by atoms with Gasteiger partial charge >= 0.3 is 0 Å². The van der Waals surface area contributed by atoms with Crippen LogP contribution >= 0.6 is 0 Å². The predicted octanol–water partition coefficient (Wildman–Crippen LogP) is 3.50. The fourth-order valence-corrected chi connectivity index (χ4v) is 2.47. The van der Waals surface area contributed by atoms with Crippen LogP contribution in [0.4, 0.5) is 0 Å². The molecular weight excluding hydrogens is 198 g/mol. The Bertz CT molecular complexity index is 155. The Morgan fingerprint density at radius 2 is 2.06 bits per heavy atom. The van der Waals surface area contributed by atoms with Crippen LogP contribution in [0.3, 0.4) is 0 Å². The normalized spacial score (nSPS) is 23.2. The van der Waals surface area contributed by atoms with Gasteiger partial charge in [-0.15, -0.1) is 0 Å². The smallest absolute Gasteiger partial charge is 0.0575 e. The maximum absolute atomic E-state index is 5.78. The average Bonchev–Trinajstić information content (AvgIpc) is 2.34. The summed E-state index contributed by atoms with van der Waals surface area (Å²) in [6, 6.07) is 0.718. The largest absolute Gasteiger partial charge is 0.378 e. The van der Waals surface area contributed by atoms with Crippen molar-refractivity contribution in [3.63, 3.8) is 0 Å². The second-order valence-corrected chi connectivity index (χ2v) is 5.01. The molecule has 2 atom stereocenters. The van der Waals surface area contributed by atoms with Crippen molar-refractivity contribution in [2.45, 2.75) is 77.4 Å². The van der Waals surface area contributed by atoms with Crippen molar-refractivity contribution in [3.05, 3.63) is 0 Å². The minimum atomic E-state index is 0.552. The molecule has 0 spiro atoms. The molecule has 1 aliphatic rings. The molecule has 1 saturated heterocycles. The minimum Gasteiger partial charge on any atom is -0.378 e. The SMILES string of the molecule is CCCNC(CCC)CCC1CCCCO1. The molecule has 0 bridgehead atoms. The zero-order valence-corrected chi connectivity index (χ0v) is 11.1. The van der Waals surface area contributed by atoms with Gasteiger partial charge in [-0.25, -0.2) is 0 Å². The summed E-state index contributed by atoms with van der Waals surface area (Å²) in [6.45, 7) is 6.67. The summed E-state index contributed by atoms with van der Waals surface area (Å²) in [6.07, 6.45) is 10.8. The van der Waals surface area contributed by atoms with E-state index in [1.807, 2.05) is 0 Å². The van der Waals surface area contributed by atoms with Gasteiger partial charge in [-0.05, 0) is 51.5 Å². The molecular formula is C14H29NO. The standard InChI is InChI=1S/C14H29NO/c1-3-7-13(15-11-4-2)9-10-14-8-5-6-12-16-14/h13-15H,3-12H2,1-2H3. The summed E-state index contributed by atoms with van der Waals surface area (Å²) in [4.78, 5) is 0. The third-order valence-electron chi connectivity index (χ3n) is 3.43. The van der Waals surface area contributed by atoms with E-state index in [0.29, 0.717) is 6.10 Å². The lowest BCUT2D eigenvalue weighted by Crippen LogP contribution is -2.31. The highest BCUT2D eigenvalue weighted by Gasteiger charge is 2.15. The highest BCUT2D eigenvalue weighted by atomic mass is 16.5. The van der Waals surface area contributed by atoms with Crippen molar-refractivity contribution in [3.8, 4) is 0 Å². The van der Waals surface area contributed by atoms with Crippen molar-refractivity contribution in [2.75, 3.05) is 13.2 Å². The predicted molar refractivity (Wildman–Crippen MR) is 69.8 cm³/mol. The van der Waals surface area contributed by atoms with Crippen molar-refractivity contribution in [1.29, 1.82) is 0 Å². The second-order valence-electron chi connectivity index (χ2n) is 5.01. The molecule has 1 fully saturated rings. The van der Waals surface area contributed by atoms with E-state index in [4.69, 9.17) is 4.74 Å². The molecule has 0 aliphatic carbocycles. The van der Waals surface area contributed by atoms with E-state index < -0.39 is 0 Å². The van der Waals surface area contributed by atoms with Crippen LogP contribution in [0, 0.1) is 0 Å². The van der Waals surface area contributed by atoms with E-state index in [0.717, 1.165) is 19.2 Å². The van der Waals surface area contributed by atoms with Gasteiger partial charge in [0.15, 0.2) is 0 Å². The lowest BCUT2D eigenvalue weighted by molar-refractivity contribution is 0.00843. The van der Waals surface area contributed by atoms with E-state index >= 15 is 0 Å². The Kier molecular flexibility index (Phi) is 7.87. The summed E-state index contributed by atoms with van der Waals surface area (Å²) in [5.41, 5.74) is 0. The zero-order chi connectivity index (χ0) is 11.6. The van der Waals surface area contributed by atoms with E-state index in [-0.39, 0.29) is 0 Å². The van der Waals surface area contributed by atoms with Crippen LogP contribution in [0.15, 0.2) is 0 Å². The molecule has 0 saturated carbocycles. The summed E-state index contributed by atoms with van der Waals surface area (Å²) in [5.74, 6) is 0. The third-order valence-corrected chi connectivity index (χ3v) is 3.43. The van der Waals surface area contributed by atoms with Crippen molar-refractivity contribution in [2.24, 2.45) is 0 Å². The summed E-state index contributed by atoms with van der Waals surface area (Å²) < 4.78 is 5.78. The van der Waals surface area contributed by atoms with E-state index in [1.165, 1.54) is 51.4 Å². The first-order valence-corrected chi connectivity index (χ1v) is 7.21. The van der Waals surface area contributed by atoms with Gasteiger partial charge in [0.2, 0.25) is 0 Å². The van der Waals surface area contributed by atoms with Gasteiger partial charge in [0.1, 0.15) is 0 Å². The quantitative estimate of drug-likeness (QED) is 0.685. The molecule has 1 N–H and O–H groups in total. The lowest BCUT2D eigenvalue weighted by atomic mass is 9.99. The molecule has 2 heteroatoms. The van der Waals surface area contributed by atoms with Gasteiger partial charge in [-0.3, -0.25) is 0 Å². The topological polar surface area (TPSA) is 21.3 Å². The molecule has 2 nitrogen and oxygen atoms in total. The molecule has 2 unspecified atom stereocenters. The van der Waals surface area contributed by atoms with Gasteiger partial charge in [-0.2, -0.15) is 0 Å². The molecule has 16 heavy (non-hydrogen) atoms. The van der Waals surface area contributed by atoms with Gasteiger partial charge in [0, 0.05) is 12.6 Å². The van der Waals surface area contributed by atoms with Crippen LogP contribution in [0.2, 0.25) is 0 Å². The molecule has 0 aromatic heterocycles. The summed E-state index contributed by atoms with van der Waals surface area (Å²) in [7, 11) is 0. The van der Waals surface area contributed by atoms with Crippen molar-refractivity contribution >= 4 is 0 Å². The maximum Gasteiger partial charge on any atom is 0.0575 e. The van der Waals surface area contributed by atoms with Crippen molar-refractivity contribution in [1.82, 2.24) is 5.32 Å². The Labute approximate surface area is 101 Å². The molecule has 1 heterocycles. The Hall–Kier alpha value is -0.0800. The first-order chi connectivity index (χ1) is 7.86. The third kappa shape index (κ3) is 5.86. The first kappa shape index (κ1) is 14.0. The van der Waals surface area contributed by atoms with Crippen LogP contribution in [0.5, 0.6) is 0 Å². The van der Waals surface area contributed by atoms with Crippen LogP contribution in [-0.2, 0) is 4.74 Å². The fraction of sp³-hybridized carbons (Fsp3) is 1.00. The fourth-order valence-electron chi connectivity index (χ4n) is 2.47. The monoisotopic (exact) mass is 227 g/mol. The number of nitrogens with one attached hydrogen (secondary N) is 1. The second kappa shape index (κ2) is 9.00. The highest BCUT2D eigenvalue weighted by molar-refractivity contribution is 4.71.